The van der Waals surface area contributed by atoms with E-state index in [2.05, 4.69) is 20.4 Å². The lowest BCUT2D eigenvalue weighted by Crippen LogP contribution is -2.21. The number of rotatable bonds is 6. The number of anilines is 1. The van der Waals surface area contributed by atoms with E-state index in [9.17, 15) is 9.59 Å². The molecule has 0 radical (unpaired) electrons. The highest BCUT2D eigenvalue weighted by molar-refractivity contribution is 6.31. The quantitative estimate of drug-likeness (QED) is 0.505. The van der Waals surface area contributed by atoms with Gasteiger partial charge in [0.15, 0.2) is 5.82 Å². The summed E-state index contributed by atoms with van der Waals surface area (Å²) in [5.41, 5.74) is 0.803. The molecule has 0 aliphatic heterocycles. The second-order valence-corrected chi connectivity index (χ2v) is 6.81. The van der Waals surface area contributed by atoms with Gasteiger partial charge in [-0.05, 0) is 30.3 Å². The van der Waals surface area contributed by atoms with Crippen molar-refractivity contribution in [2.45, 2.75) is 13.0 Å². The first-order valence-electron chi connectivity index (χ1n) is 8.92. The minimum absolute atomic E-state index is 0.0232. The first-order chi connectivity index (χ1) is 14.5. The summed E-state index contributed by atoms with van der Waals surface area (Å²) in [4.78, 5) is 33.3. The fourth-order valence-corrected chi connectivity index (χ4v) is 3.07. The van der Waals surface area contributed by atoms with Crippen molar-refractivity contribution in [2.75, 3.05) is 12.4 Å². The number of para-hydroxylation sites is 2. The minimum Gasteiger partial charge on any atom is -0.495 e. The number of nitrogens with one attached hydrogen (secondary N) is 1. The second kappa shape index (κ2) is 8.34. The van der Waals surface area contributed by atoms with Gasteiger partial charge in [0, 0.05) is 5.02 Å². The number of methoxy groups -OCH3 is 1. The molecule has 0 saturated heterocycles. The molecule has 1 N–H and O–H groups in total. The van der Waals surface area contributed by atoms with E-state index in [0.717, 1.165) is 0 Å². The number of carbonyl (C=O) groups is 1. The molecule has 0 unspecified atom stereocenters. The first-order valence-corrected chi connectivity index (χ1v) is 9.30. The Balaban J connectivity index is 1.47. The van der Waals surface area contributed by atoms with Gasteiger partial charge in [-0.2, -0.15) is 4.98 Å². The van der Waals surface area contributed by atoms with Crippen LogP contribution in [-0.4, -0.2) is 32.7 Å². The first kappa shape index (κ1) is 19.6. The SMILES string of the molecule is COc1ccccc1NC(=O)Cc1noc(Cn2cnc3ccc(Cl)cc3c2=O)n1. The van der Waals surface area contributed by atoms with E-state index in [1.165, 1.54) is 18.0 Å². The van der Waals surface area contributed by atoms with Gasteiger partial charge in [-0.25, -0.2) is 4.98 Å². The maximum absolute atomic E-state index is 12.6. The molecule has 4 rings (SSSR count). The van der Waals surface area contributed by atoms with E-state index in [0.29, 0.717) is 27.4 Å². The zero-order valence-corrected chi connectivity index (χ0v) is 16.6. The predicted molar refractivity (Wildman–Crippen MR) is 110 cm³/mol. The van der Waals surface area contributed by atoms with Crippen molar-refractivity contribution < 1.29 is 14.1 Å². The number of nitrogens with zero attached hydrogens (tertiary/aromatic N) is 4. The van der Waals surface area contributed by atoms with Gasteiger partial charge in [0.1, 0.15) is 12.3 Å². The molecule has 30 heavy (non-hydrogen) atoms. The van der Waals surface area contributed by atoms with Crippen molar-refractivity contribution in [3.8, 4) is 5.75 Å². The van der Waals surface area contributed by atoms with Crippen LogP contribution in [0, 0.1) is 0 Å². The highest BCUT2D eigenvalue weighted by Crippen LogP contribution is 2.23. The molecule has 0 spiro atoms. The number of halogens is 1. The van der Waals surface area contributed by atoms with Gasteiger partial charge in [-0.1, -0.05) is 28.9 Å². The number of hydrogen-bond acceptors (Lipinski definition) is 7. The average Bonchev–Trinajstić information content (AvgIpc) is 3.17. The Kier molecular flexibility index (Phi) is 5.44. The number of benzene rings is 2. The molecule has 0 fully saturated rings. The van der Waals surface area contributed by atoms with Gasteiger partial charge < -0.3 is 14.6 Å². The van der Waals surface area contributed by atoms with Crippen molar-refractivity contribution in [1.29, 1.82) is 0 Å². The fraction of sp³-hybridized carbons (Fsp3) is 0.150. The average molecular weight is 426 g/mol. The molecule has 0 aliphatic rings. The van der Waals surface area contributed by atoms with Crippen molar-refractivity contribution >= 4 is 34.1 Å². The third kappa shape index (κ3) is 4.15. The summed E-state index contributed by atoms with van der Waals surface area (Å²) < 4.78 is 11.7. The standard InChI is InChI=1S/C20H16ClN5O4/c1-29-16-5-3-2-4-15(16)23-18(27)9-17-24-19(30-25-17)10-26-11-22-14-7-6-12(21)8-13(14)20(26)28/h2-8,11H,9-10H2,1H3,(H,23,27). The van der Waals surface area contributed by atoms with Crippen LogP contribution < -0.4 is 15.6 Å². The molecular formula is C20H16ClN5O4. The van der Waals surface area contributed by atoms with Crippen LogP contribution in [0.15, 0.2) is 58.1 Å². The third-order valence-electron chi connectivity index (χ3n) is 4.30. The van der Waals surface area contributed by atoms with Crippen LogP contribution in [0.3, 0.4) is 0 Å². The highest BCUT2D eigenvalue weighted by atomic mass is 35.5. The van der Waals surface area contributed by atoms with Gasteiger partial charge in [0.25, 0.3) is 5.56 Å². The molecule has 2 aromatic heterocycles. The van der Waals surface area contributed by atoms with E-state index < -0.39 is 0 Å². The van der Waals surface area contributed by atoms with Gasteiger partial charge in [-0.3, -0.25) is 14.2 Å². The van der Waals surface area contributed by atoms with Crippen LogP contribution in [-0.2, 0) is 17.8 Å². The highest BCUT2D eigenvalue weighted by Gasteiger charge is 2.14. The van der Waals surface area contributed by atoms with Crippen LogP contribution in [0.5, 0.6) is 5.75 Å². The molecule has 152 valence electrons. The Labute approximate surface area is 175 Å². The largest absolute Gasteiger partial charge is 0.495 e. The van der Waals surface area contributed by atoms with Crippen LogP contribution in [0.1, 0.15) is 11.7 Å². The second-order valence-electron chi connectivity index (χ2n) is 6.37. The van der Waals surface area contributed by atoms with E-state index in [4.69, 9.17) is 20.9 Å². The number of amides is 1. The Bertz CT molecular complexity index is 1280. The summed E-state index contributed by atoms with van der Waals surface area (Å²) in [5.74, 6) is 0.594. The van der Waals surface area contributed by atoms with Crippen molar-refractivity contribution in [3.63, 3.8) is 0 Å². The van der Waals surface area contributed by atoms with Gasteiger partial charge in [-0.15, -0.1) is 0 Å². The summed E-state index contributed by atoms with van der Waals surface area (Å²) in [6.07, 6.45) is 1.30. The Morgan fingerprint density at radius 1 is 1.27 bits per heavy atom. The molecule has 1 amide bonds. The zero-order chi connectivity index (χ0) is 21.1. The number of hydrogen-bond donors (Lipinski definition) is 1. The number of ether oxygens (including phenoxy) is 1. The number of carbonyl (C=O) groups excluding carboxylic acids is 1. The van der Waals surface area contributed by atoms with Gasteiger partial charge >= 0.3 is 0 Å². The minimum atomic E-state index is -0.328. The number of aromatic nitrogens is 4. The maximum atomic E-state index is 12.6. The predicted octanol–water partition coefficient (Wildman–Crippen LogP) is 2.67. The lowest BCUT2D eigenvalue weighted by atomic mass is 10.2. The van der Waals surface area contributed by atoms with Crippen molar-refractivity contribution in [1.82, 2.24) is 19.7 Å². The summed E-state index contributed by atoms with van der Waals surface area (Å²) in [7, 11) is 1.52. The lowest BCUT2D eigenvalue weighted by Gasteiger charge is -2.08. The summed E-state index contributed by atoms with van der Waals surface area (Å²) in [6.45, 7) is 0.0232. The molecule has 0 atom stereocenters. The Morgan fingerprint density at radius 2 is 2.10 bits per heavy atom. The Morgan fingerprint density at radius 3 is 2.93 bits per heavy atom. The molecule has 2 aromatic carbocycles. The molecular weight excluding hydrogens is 410 g/mol. The van der Waals surface area contributed by atoms with Crippen LogP contribution in [0.2, 0.25) is 5.02 Å². The molecule has 9 nitrogen and oxygen atoms in total. The van der Waals surface area contributed by atoms with E-state index in [1.54, 1.807) is 42.5 Å². The molecule has 0 saturated carbocycles. The normalized spacial score (nSPS) is 10.9. The van der Waals surface area contributed by atoms with Crippen LogP contribution >= 0.6 is 11.6 Å². The smallest absolute Gasteiger partial charge is 0.261 e. The van der Waals surface area contributed by atoms with Crippen molar-refractivity contribution in [3.05, 3.63) is 75.9 Å². The summed E-state index contributed by atoms with van der Waals surface area (Å²) in [6, 6.07) is 12.0. The van der Waals surface area contributed by atoms with Crippen LogP contribution in [0.4, 0.5) is 5.69 Å². The van der Waals surface area contributed by atoms with E-state index >= 15 is 0 Å². The molecule has 0 bridgehead atoms. The Hall–Kier alpha value is -3.72. The van der Waals surface area contributed by atoms with E-state index in [1.807, 2.05) is 0 Å². The maximum Gasteiger partial charge on any atom is 0.261 e. The monoisotopic (exact) mass is 425 g/mol. The van der Waals surface area contributed by atoms with Gasteiger partial charge in [0.05, 0.1) is 36.4 Å². The van der Waals surface area contributed by atoms with Crippen LogP contribution in [0.25, 0.3) is 10.9 Å². The summed E-state index contributed by atoms with van der Waals surface area (Å²) >= 11 is 5.97. The third-order valence-corrected chi connectivity index (χ3v) is 4.54. The molecule has 0 aliphatic carbocycles. The molecule has 10 heteroatoms. The van der Waals surface area contributed by atoms with Gasteiger partial charge in [0.2, 0.25) is 11.8 Å². The zero-order valence-electron chi connectivity index (χ0n) is 15.8. The van der Waals surface area contributed by atoms with E-state index in [-0.39, 0.29) is 36.1 Å². The fourth-order valence-electron chi connectivity index (χ4n) is 2.90. The molecule has 4 aromatic rings. The molecule has 2 heterocycles. The number of fused-ring (bicyclic) bond motifs is 1. The lowest BCUT2D eigenvalue weighted by molar-refractivity contribution is -0.115. The van der Waals surface area contributed by atoms with Crippen molar-refractivity contribution in [2.24, 2.45) is 0 Å². The summed E-state index contributed by atoms with van der Waals surface area (Å²) in [5, 5.41) is 7.38. The topological polar surface area (TPSA) is 112 Å².